The quantitative estimate of drug-likeness (QED) is 0.720. The number of rotatable bonds is 6. The molecule has 2 atom stereocenters. The standard InChI is InChI=1S/C19H24N4O2/c1-3-24-16-6-4-5-15-9-17(25-19(15)16)13(2)20-10-14-11-21-18-7-8-22-23(18)12-14/h4-9,13-14,20-21H,3,10-12H2,1-2H3/t13-,14-/m0/s1. The van der Waals surface area contributed by atoms with E-state index in [0.717, 1.165) is 47.9 Å². The monoisotopic (exact) mass is 340 g/mol. The van der Waals surface area contributed by atoms with Crippen LogP contribution in [0, 0.1) is 5.92 Å². The summed E-state index contributed by atoms with van der Waals surface area (Å²) in [6.07, 6.45) is 1.84. The van der Waals surface area contributed by atoms with E-state index in [2.05, 4.69) is 34.8 Å². The van der Waals surface area contributed by atoms with Crippen LogP contribution in [-0.2, 0) is 6.54 Å². The SMILES string of the molecule is CCOc1cccc2cc([C@H](C)NC[C@H]3CNc4ccnn4C3)oc12. The predicted molar refractivity (Wildman–Crippen MR) is 98.0 cm³/mol. The van der Waals surface area contributed by atoms with E-state index in [9.17, 15) is 0 Å². The van der Waals surface area contributed by atoms with Crippen molar-refractivity contribution in [3.63, 3.8) is 0 Å². The molecule has 0 bridgehead atoms. The minimum absolute atomic E-state index is 0.140. The number of anilines is 1. The van der Waals surface area contributed by atoms with Crippen molar-refractivity contribution >= 4 is 16.8 Å². The molecule has 0 radical (unpaired) electrons. The van der Waals surface area contributed by atoms with E-state index >= 15 is 0 Å². The normalized spacial score (nSPS) is 17.9. The third-order valence-corrected chi connectivity index (χ3v) is 4.69. The van der Waals surface area contributed by atoms with E-state index in [-0.39, 0.29) is 6.04 Å². The average molecular weight is 340 g/mol. The summed E-state index contributed by atoms with van der Waals surface area (Å²) < 4.78 is 13.8. The molecule has 1 aromatic carbocycles. The molecule has 4 rings (SSSR count). The van der Waals surface area contributed by atoms with Crippen LogP contribution in [0.5, 0.6) is 5.75 Å². The summed E-state index contributed by atoms with van der Waals surface area (Å²) in [5.74, 6) is 3.34. The smallest absolute Gasteiger partial charge is 0.176 e. The number of aromatic nitrogens is 2. The van der Waals surface area contributed by atoms with Crippen molar-refractivity contribution in [3.8, 4) is 5.75 Å². The molecule has 132 valence electrons. The van der Waals surface area contributed by atoms with Crippen LogP contribution in [0.3, 0.4) is 0 Å². The molecule has 25 heavy (non-hydrogen) atoms. The molecule has 0 saturated carbocycles. The fourth-order valence-electron chi connectivity index (χ4n) is 3.31. The van der Waals surface area contributed by atoms with Crippen LogP contribution in [0.2, 0.25) is 0 Å². The van der Waals surface area contributed by atoms with Crippen LogP contribution in [0.1, 0.15) is 25.6 Å². The summed E-state index contributed by atoms with van der Waals surface area (Å²) in [6, 6.07) is 10.3. The third-order valence-electron chi connectivity index (χ3n) is 4.69. The zero-order chi connectivity index (χ0) is 17.2. The number of benzene rings is 1. The van der Waals surface area contributed by atoms with Crippen LogP contribution in [0.4, 0.5) is 5.82 Å². The summed E-state index contributed by atoms with van der Waals surface area (Å²) in [5, 5.41) is 12.4. The Morgan fingerprint density at radius 3 is 3.24 bits per heavy atom. The Kier molecular flexibility index (Phi) is 4.36. The minimum atomic E-state index is 0.140. The number of nitrogens with one attached hydrogen (secondary N) is 2. The summed E-state index contributed by atoms with van der Waals surface area (Å²) in [6.45, 7) is 7.54. The molecule has 0 fully saturated rings. The van der Waals surface area contributed by atoms with Crippen molar-refractivity contribution in [2.24, 2.45) is 5.92 Å². The Balaban J connectivity index is 1.42. The number of fused-ring (bicyclic) bond motifs is 2. The number of ether oxygens (including phenoxy) is 1. The first-order valence-corrected chi connectivity index (χ1v) is 8.89. The molecule has 6 nitrogen and oxygen atoms in total. The highest BCUT2D eigenvalue weighted by Gasteiger charge is 2.20. The molecule has 0 amide bonds. The Hall–Kier alpha value is -2.47. The van der Waals surface area contributed by atoms with E-state index < -0.39 is 0 Å². The average Bonchev–Trinajstić information content (AvgIpc) is 3.26. The van der Waals surface area contributed by atoms with Crippen molar-refractivity contribution in [2.75, 3.05) is 25.0 Å². The first-order valence-electron chi connectivity index (χ1n) is 8.89. The van der Waals surface area contributed by atoms with E-state index in [1.807, 2.05) is 36.0 Å². The molecule has 0 unspecified atom stereocenters. The predicted octanol–water partition coefficient (Wildman–Crippen LogP) is 3.42. The highest BCUT2D eigenvalue weighted by atomic mass is 16.5. The van der Waals surface area contributed by atoms with Gasteiger partial charge in [-0.05, 0) is 26.0 Å². The Labute approximate surface area is 147 Å². The number of para-hydroxylation sites is 1. The van der Waals surface area contributed by atoms with Gasteiger partial charge in [-0.25, -0.2) is 4.68 Å². The Morgan fingerprint density at radius 2 is 2.36 bits per heavy atom. The van der Waals surface area contributed by atoms with Crippen LogP contribution in [0.25, 0.3) is 11.0 Å². The molecular weight excluding hydrogens is 316 g/mol. The molecule has 0 spiro atoms. The molecule has 2 N–H and O–H groups in total. The zero-order valence-corrected chi connectivity index (χ0v) is 14.7. The lowest BCUT2D eigenvalue weighted by atomic mass is 10.1. The van der Waals surface area contributed by atoms with Crippen molar-refractivity contribution < 1.29 is 9.15 Å². The summed E-state index contributed by atoms with van der Waals surface area (Å²) in [4.78, 5) is 0. The lowest BCUT2D eigenvalue weighted by Crippen LogP contribution is -2.36. The summed E-state index contributed by atoms with van der Waals surface area (Å²) in [7, 11) is 0. The lowest BCUT2D eigenvalue weighted by Gasteiger charge is -2.26. The van der Waals surface area contributed by atoms with Gasteiger partial charge in [-0.15, -0.1) is 0 Å². The van der Waals surface area contributed by atoms with Gasteiger partial charge in [-0.1, -0.05) is 12.1 Å². The molecule has 0 saturated heterocycles. The van der Waals surface area contributed by atoms with Crippen molar-refractivity contribution in [2.45, 2.75) is 26.4 Å². The first kappa shape index (κ1) is 16.0. The fraction of sp³-hybridized carbons (Fsp3) is 0.421. The molecule has 3 aromatic rings. The Bertz CT molecular complexity index is 854. The van der Waals surface area contributed by atoms with E-state index in [1.54, 1.807) is 0 Å². The first-order chi connectivity index (χ1) is 12.2. The van der Waals surface area contributed by atoms with Gasteiger partial charge in [-0.2, -0.15) is 5.10 Å². The molecule has 0 aliphatic carbocycles. The maximum atomic E-state index is 6.08. The van der Waals surface area contributed by atoms with E-state index in [4.69, 9.17) is 9.15 Å². The second kappa shape index (κ2) is 6.80. The number of nitrogens with zero attached hydrogens (tertiary/aromatic N) is 2. The van der Waals surface area contributed by atoms with Crippen molar-refractivity contribution in [1.29, 1.82) is 0 Å². The van der Waals surface area contributed by atoms with Gasteiger partial charge in [0, 0.05) is 37.0 Å². The van der Waals surface area contributed by atoms with Gasteiger partial charge in [0.25, 0.3) is 0 Å². The minimum Gasteiger partial charge on any atom is -0.490 e. The van der Waals surface area contributed by atoms with Crippen LogP contribution >= 0.6 is 0 Å². The molecule has 6 heteroatoms. The lowest BCUT2D eigenvalue weighted by molar-refractivity contribution is 0.333. The van der Waals surface area contributed by atoms with Crippen LogP contribution in [-0.4, -0.2) is 29.5 Å². The zero-order valence-electron chi connectivity index (χ0n) is 14.7. The fourth-order valence-corrected chi connectivity index (χ4v) is 3.31. The number of hydrogen-bond donors (Lipinski definition) is 2. The molecule has 2 aromatic heterocycles. The van der Waals surface area contributed by atoms with Crippen LogP contribution in [0.15, 0.2) is 40.9 Å². The van der Waals surface area contributed by atoms with Crippen molar-refractivity contribution in [3.05, 3.63) is 42.3 Å². The largest absolute Gasteiger partial charge is 0.490 e. The maximum absolute atomic E-state index is 6.08. The van der Waals surface area contributed by atoms with Gasteiger partial charge in [-0.3, -0.25) is 0 Å². The van der Waals surface area contributed by atoms with Crippen molar-refractivity contribution in [1.82, 2.24) is 15.1 Å². The Morgan fingerprint density at radius 1 is 1.44 bits per heavy atom. The molecule has 1 aliphatic heterocycles. The summed E-state index contributed by atoms with van der Waals surface area (Å²) >= 11 is 0. The summed E-state index contributed by atoms with van der Waals surface area (Å²) in [5.41, 5.74) is 0.827. The van der Waals surface area contributed by atoms with Gasteiger partial charge < -0.3 is 19.8 Å². The molecular formula is C19H24N4O2. The van der Waals surface area contributed by atoms with Gasteiger partial charge in [0.2, 0.25) is 0 Å². The molecule has 1 aliphatic rings. The van der Waals surface area contributed by atoms with Crippen LogP contribution < -0.4 is 15.4 Å². The van der Waals surface area contributed by atoms with Gasteiger partial charge in [0.15, 0.2) is 11.3 Å². The third kappa shape index (κ3) is 3.22. The molecule has 3 heterocycles. The van der Waals surface area contributed by atoms with E-state index in [1.165, 1.54) is 0 Å². The maximum Gasteiger partial charge on any atom is 0.176 e. The second-order valence-corrected chi connectivity index (χ2v) is 6.53. The van der Waals surface area contributed by atoms with Gasteiger partial charge in [0.05, 0.1) is 18.8 Å². The number of furan rings is 1. The number of hydrogen-bond acceptors (Lipinski definition) is 5. The topological polar surface area (TPSA) is 64.2 Å². The van der Waals surface area contributed by atoms with Gasteiger partial charge >= 0.3 is 0 Å². The van der Waals surface area contributed by atoms with Gasteiger partial charge in [0.1, 0.15) is 11.6 Å². The second-order valence-electron chi connectivity index (χ2n) is 6.53. The van der Waals surface area contributed by atoms with E-state index in [0.29, 0.717) is 12.5 Å². The highest BCUT2D eigenvalue weighted by Crippen LogP contribution is 2.31. The highest BCUT2D eigenvalue weighted by molar-refractivity contribution is 5.83.